The van der Waals surface area contributed by atoms with Crippen molar-refractivity contribution in [3.8, 4) is 5.75 Å². The number of carbonyl (C=O) groups excluding carboxylic acids is 2. The maximum Gasteiger partial charge on any atom is 0.262 e. The predicted octanol–water partition coefficient (Wildman–Crippen LogP) is 5.74. The molecule has 0 bridgehead atoms. The number of rotatable bonds is 9. The van der Waals surface area contributed by atoms with Crippen molar-refractivity contribution >= 4 is 41.2 Å². The van der Waals surface area contributed by atoms with Gasteiger partial charge in [0.15, 0.2) is 6.10 Å². The monoisotopic (exact) mass is 505 g/mol. The Hall–Kier alpha value is -2.57. The maximum absolute atomic E-state index is 12.7. The summed E-state index contributed by atoms with van der Waals surface area (Å²) in [5.74, 6) is -0.331. The van der Waals surface area contributed by atoms with Crippen LogP contribution < -0.4 is 15.5 Å². The lowest BCUT2D eigenvalue weighted by atomic mass is 9.87. The molecule has 0 heterocycles. The van der Waals surface area contributed by atoms with Crippen molar-refractivity contribution < 1.29 is 14.3 Å². The first-order chi connectivity index (χ1) is 15.9. The van der Waals surface area contributed by atoms with Crippen molar-refractivity contribution in [3.05, 3.63) is 63.6 Å². The summed E-state index contributed by atoms with van der Waals surface area (Å²) in [6, 6.07) is 12.0. The van der Waals surface area contributed by atoms with Crippen molar-refractivity contribution in [1.29, 1.82) is 0 Å². The molecule has 8 heteroatoms. The first kappa shape index (κ1) is 27.7. The number of halogens is 2. The number of nitrogens with zero attached hydrogens (tertiary/aromatic N) is 1. The van der Waals surface area contributed by atoms with Crippen LogP contribution in [0.25, 0.3) is 0 Å². The van der Waals surface area contributed by atoms with Gasteiger partial charge in [-0.25, -0.2) is 5.43 Å². The second-order valence-corrected chi connectivity index (χ2v) is 10.5. The van der Waals surface area contributed by atoms with E-state index >= 15 is 0 Å². The Bertz CT molecular complexity index is 1010. The molecule has 0 aliphatic heterocycles. The molecule has 2 rings (SSSR count). The molecule has 184 valence electrons. The highest BCUT2D eigenvalue weighted by molar-refractivity contribution is 6.35. The Morgan fingerprint density at radius 3 is 2.24 bits per heavy atom. The first-order valence-electron chi connectivity index (χ1n) is 11.2. The normalized spacial score (nSPS) is 13.6. The molecule has 34 heavy (non-hydrogen) atoms. The third-order valence-corrected chi connectivity index (χ3v) is 5.60. The molecule has 2 amide bonds. The molecular weight excluding hydrogens is 473 g/mol. The summed E-state index contributed by atoms with van der Waals surface area (Å²) >= 11 is 12.0. The second kappa shape index (κ2) is 12.2. The van der Waals surface area contributed by atoms with E-state index in [-0.39, 0.29) is 11.3 Å². The van der Waals surface area contributed by atoms with Gasteiger partial charge < -0.3 is 10.1 Å². The van der Waals surface area contributed by atoms with Crippen LogP contribution in [0.1, 0.15) is 59.1 Å². The Morgan fingerprint density at radius 2 is 1.68 bits per heavy atom. The van der Waals surface area contributed by atoms with Crippen LogP contribution >= 0.6 is 23.2 Å². The van der Waals surface area contributed by atoms with Crippen LogP contribution in [0.15, 0.2) is 47.6 Å². The smallest absolute Gasteiger partial charge is 0.262 e. The Labute approximate surface area is 212 Å². The van der Waals surface area contributed by atoms with Crippen LogP contribution in [0.5, 0.6) is 5.75 Å². The van der Waals surface area contributed by atoms with Crippen molar-refractivity contribution in [2.45, 2.75) is 65.5 Å². The van der Waals surface area contributed by atoms with E-state index in [0.717, 1.165) is 5.56 Å². The van der Waals surface area contributed by atoms with E-state index < -0.39 is 24.0 Å². The van der Waals surface area contributed by atoms with Crippen LogP contribution in [0.3, 0.4) is 0 Å². The number of hydrogen-bond acceptors (Lipinski definition) is 4. The van der Waals surface area contributed by atoms with Crippen molar-refractivity contribution in [3.63, 3.8) is 0 Å². The highest BCUT2D eigenvalue weighted by atomic mass is 35.5. The van der Waals surface area contributed by atoms with Crippen molar-refractivity contribution in [2.75, 3.05) is 0 Å². The number of hydrazone groups is 1. The zero-order valence-electron chi connectivity index (χ0n) is 20.5. The van der Waals surface area contributed by atoms with Crippen molar-refractivity contribution in [1.82, 2.24) is 10.7 Å². The molecule has 2 aromatic rings. The van der Waals surface area contributed by atoms with Crippen LogP contribution in [-0.2, 0) is 15.0 Å². The van der Waals surface area contributed by atoms with E-state index in [2.05, 4.69) is 36.6 Å². The third kappa shape index (κ3) is 8.65. The van der Waals surface area contributed by atoms with Gasteiger partial charge >= 0.3 is 0 Å². The minimum absolute atomic E-state index is 0.0614. The number of carbonyl (C=O) groups is 2. The molecule has 0 aliphatic carbocycles. The summed E-state index contributed by atoms with van der Waals surface area (Å²) in [6.07, 6.45) is 1.15. The predicted molar refractivity (Wildman–Crippen MR) is 139 cm³/mol. The number of amides is 2. The Kier molecular flexibility index (Phi) is 9.95. The molecule has 0 aromatic heterocycles. The largest absolute Gasteiger partial charge is 0.479 e. The fraction of sp³-hybridized carbons (Fsp3) is 0.423. The molecule has 0 fully saturated rings. The van der Waals surface area contributed by atoms with Gasteiger partial charge in [-0.3, -0.25) is 9.59 Å². The van der Waals surface area contributed by atoms with Gasteiger partial charge in [-0.05, 0) is 54.0 Å². The van der Waals surface area contributed by atoms with Gasteiger partial charge in [0.25, 0.3) is 11.8 Å². The molecule has 0 aliphatic rings. The molecule has 0 saturated carbocycles. The summed E-state index contributed by atoms with van der Waals surface area (Å²) in [5.41, 5.74) is 4.66. The number of nitrogens with one attached hydrogen (secondary N) is 2. The van der Waals surface area contributed by atoms with E-state index in [9.17, 15) is 9.59 Å². The van der Waals surface area contributed by atoms with E-state index in [1.54, 1.807) is 25.3 Å². The minimum atomic E-state index is -0.869. The zero-order chi connectivity index (χ0) is 25.5. The Morgan fingerprint density at radius 1 is 1.03 bits per heavy atom. The third-order valence-electron chi connectivity index (χ3n) is 5.07. The number of hydrogen-bond donors (Lipinski definition) is 2. The lowest BCUT2D eigenvalue weighted by Crippen LogP contribution is -2.49. The summed E-state index contributed by atoms with van der Waals surface area (Å²) < 4.78 is 5.66. The summed E-state index contributed by atoms with van der Waals surface area (Å²) in [6.45, 7) is 12.0. The van der Waals surface area contributed by atoms with E-state index in [4.69, 9.17) is 27.9 Å². The summed E-state index contributed by atoms with van der Waals surface area (Å²) in [7, 11) is 0. The van der Waals surface area contributed by atoms with Gasteiger partial charge in [-0.2, -0.15) is 5.10 Å². The van der Waals surface area contributed by atoms with Gasteiger partial charge in [-0.15, -0.1) is 0 Å². The average molecular weight is 506 g/mol. The molecule has 0 spiro atoms. The molecule has 2 aromatic carbocycles. The van der Waals surface area contributed by atoms with E-state index in [1.807, 2.05) is 38.1 Å². The van der Waals surface area contributed by atoms with Crippen molar-refractivity contribution in [2.24, 2.45) is 11.0 Å². The molecule has 2 N–H and O–H groups in total. The fourth-order valence-electron chi connectivity index (χ4n) is 3.12. The molecule has 0 radical (unpaired) electrons. The van der Waals surface area contributed by atoms with Gasteiger partial charge in [0.05, 0.1) is 11.2 Å². The topological polar surface area (TPSA) is 79.8 Å². The molecule has 0 unspecified atom stereocenters. The fourth-order valence-corrected chi connectivity index (χ4v) is 3.58. The zero-order valence-corrected chi connectivity index (χ0v) is 22.0. The average Bonchev–Trinajstić information content (AvgIpc) is 2.74. The SMILES string of the molecule is CC(C)C[C@H](NC(=O)[C@@H](C)Oc1ccc(Cl)cc1Cl)C(=O)N/N=C\c1ccc(C(C)(C)C)cc1. The first-order valence-corrected chi connectivity index (χ1v) is 12.0. The van der Waals surface area contributed by atoms with Crippen LogP contribution in [0.4, 0.5) is 0 Å². The quantitative estimate of drug-likeness (QED) is 0.336. The van der Waals surface area contributed by atoms with Gasteiger partial charge in [0.1, 0.15) is 11.8 Å². The molecule has 6 nitrogen and oxygen atoms in total. The molecule has 0 saturated heterocycles. The van der Waals surface area contributed by atoms with Crippen LogP contribution in [0, 0.1) is 5.92 Å². The maximum atomic E-state index is 12.7. The van der Waals surface area contributed by atoms with E-state index in [0.29, 0.717) is 22.2 Å². The minimum Gasteiger partial charge on any atom is -0.479 e. The van der Waals surface area contributed by atoms with E-state index in [1.165, 1.54) is 11.6 Å². The Balaban J connectivity index is 1.99. The lowest BCUT2D eigenvalue weighted by Gasteiger charge is -2.22. The summed E-state index contributed by atoms with van der Waals surface area (Å²) in [4.78, 5) is 25.5. The highest BCUT2D eigenvalue weighted by Gasteiger charge is 2.25. The van der Waals surface area contributed by atoms with Gasteiger partial charge in [-0.1, -0.05) is 82.1 Å². The van der Waals surface area contributed by atoms with Gasteiger partial charge in [0.2, 0.25) is 0 Å². The standard InChI is InChI=1S/C26H33Cl2N3O3/c1-16(2)13-22(30-24(32)17(3)34-23-12-11-20(27)14-21(23)28)25(33)31-29-15-18-7-9-19(10-8-18)26(4,5)6/h7-12,14-17,22H,13H2,1-6H3,(H,30,32)(H,31,33)/b29-15-/t17-,22+/m1/s1. The highest BCUT2D eigenvalue weighted by Crippen LogP contribution is 2.28. The molecular formula is C26H33Cl2N3O3. The number of benzene rings is 2. The van der Waals surface area contributed by atoms with Crippen LogP contribution in [-0.4, -0.2) is 30.2 Å². The summed E-state index contributed by atoms with van der Waals surface area (Å²) in [5, 5.41) is 7.58. The second-order valence-electron chi connectivity index (χ2n) is 9.63. The lowest BCUT2D eigenvalue weighted by molar-refractivity contribution is -0.132. The molecule has 2 atom stereocenters. The van der Waals surface area contributed by atoms with Crippen LogP contribution in [0.2, 0.25) is 10.0 Å². The number of ether oxygens (including phenoxy) is 1. The van der Waals surface area contributed by atoms with Gasteiger partial charge in [0, 0.05) is 5.02 Å².